The molecule has 12 heavy (non-hydrogen) atoms. The first-order chi connectivity index (χ1) is 5.65. The smallest absolute Gasteiger partial charge is 0.255 e. The molecular weight excluding hydrogens is 176 g/mol. The largest absolute Gasteiger partial charge is 0.292 e. The molecule has 0 spiro atoms. The van der Waals surface area contributed by atoms with Gasteiger partial charge in [0.25, 0.3) is 5.56 Å². The van der Waals surface area contributed by atoms with Gasteiger partial charge >= 0.3 is 0 Å². The number of hydrogen-bond donors (Lipinski definition) is 0. The number of halogens is 1. The molecule has 1 atom stereocenters. The van der Waals surface area contributed by atoms with E-state index in [0.717, 1.165) is 0 Å². The highest BCUT2D eigenvalue weighted by Crippen LogP contribution is 2.03. The van der Waals surface area contributed by atoms with E-state index in [1.165, 1.54) is 17.0 Å². The van der Waals surface area contributed by atoms with E-state index in [1.807, 2.05) is 6.92 Å². The maximum absolute atomic E-state index is 11.2. The van der Waals surface area contributed by atoms with Crippen molar-refractivity contribution in [1.82, 2.24) is 9.55 Å². The Bertz CT molecular complexity index is 345. The Kier molecular flexibility index (Phi) is 2.65. The van der Waals surface area contributed by atoms with E-state index < -0.39 is 0 Å². The number of allylic oxidation sites excluding steroid dienone is 1. The van der Waals surface area contributed by atoms with Crippen LogP contribution in [0.15, 0.2) is 29.8 Å². The lowest BCUT2D eigenvalue weighted by molar-refractivity contribution is 0.621. The van der Waals surface area contributed by atoms with Crippen molar-refractivity contribution in [2.45, 2.75) is 13.0 Å². The predicted molar refractivity (Wildman–Crippen MR) is 48.4 cm³/mol. The Morgan fingerprint density at radius 3 is 3.00 bits per heavy atom. The van der Waals surface area contributed by atoms with E-state index in [1.54, 1.807) is 6.08 Å². The Balaban J connectivity index is 3.18. The Labute approximate surface area is 75.3 Å². The summed E-state index contributed by atoms with van der Waals surface area (Å²) in [4.78, 5) is 15.0. The second-order valence-corrected chi connectivity index (χ2v) is 2.82. The number of rotatable bonds is 2. The molecule has 0 saturated heterocycles. The zero-order valence-corrected chi connectivity index (χ0v) is 7.45. The summed E-state index contributed by atoms with van der Waals surface area (Å²) in [6, 6.07) is 1.23. The second-order valence-electron chi connectivity index (χ2n) is 2.43. The van der Waals surface area contributed by atoms with Gasteiger partial charge in [-0.05, 0) is 6.92 Å². The van der Waals surface area contributed by atoms with Crippen LogP contribution < -0.4 is 5.56 Å². The van der Waals surface area contributed by atoms with E-state index in [4.69, 9.17) is 11.6 Å². The maximum Gasteiger partial charge on any atom is 0.255 e. The molecule has 0 saturated carbocycles. The van der Waals surface area contributed by atoms with E-state index in [-0.39, 0.29) is 16.8 Å². The van der Waals surface area contributed by atoms with Gasteiger partial charge in [0, 0.05) is 6.07 Å². The average Bonchev–Trinajstić information content (AvgIpc) is 2.03. The monoisotopic (exact) mass is 184 g/mol. The maximum atomic E-state index is 11.2. The quantitative estimate of drug-likeness (QED) is 0.518. The minimum absolute atomic E-state index is 0.0535. The molecule has 0 radical (unpaired) electrons. The SMILES string of the molecule is C=CC(C)n1cnc(Cl)cc1=O. The third-order valence-electron chi connectivity index (χ3n) is 1.58. The van der Waals surface area contributed by atoms with E-state index in [0.29, 0.717) is 0 Å². The number of aromatic nitrogens is 2. The van der Waals surface area contributed by atoms with Gasteiger partial charge < -0.3 is 0 Å². The number of hydrogen-bond acceptors (Lipinski definition) is 2. The first-order valence-corrected chi connectivity index (χ1v) is 3.89. The van der Waals surface area contributed by atoms with Gasteiger partial charge in [-0.25, -0.2) is 4.98 Å². The summed E-state index contributed by atoms with van der Waals surface area (Å²) in [6.07, 6.45) is 3.08. The molecule has 3 nitrogen and oxygen atoms in total. The molecule has 0 fully saturated rings. The third-order valence-corrected chi connectivity index (χ3v) is 1.79. The predicted octanol–water partition coefficient (Wildman–Crippen LogP) is 1.64. The summed E-state index contributed by atoms with van der Waals surface area (Å²) in [7, 11) is 0. The van der Waals surface area contributed by atoms with Crippen molar-refractivity contribution in [3.05, 3.63) is 40.6 Å². The fourth-order valence-electron chi connectivity index (χ4n) is 0.807. The Morgan fingerprint density at radius 2 is 2.50 bits per heavy atom. The zero-order chi connectivity index (χ0) is 9.14. The average molecular weight is 185 g/mol. The third kappa shape index (κ3) is 1.74. The highest BCUT2D eigenvalue weighted by Gasteiger charge is 2.01. The highest BCUT2D eigenvalue weighted by atomic mass is 35.5. The first kappa shape index (κ1) is 9.00. The van der Waals surface area contributed by atoms with Crippen molar-refractivity contribution in [1.29, 1.82) is 0 Å². The highest BCUT2D eigenvalue weighted by molar-refractivity contribution is 6.29. The van der Waals surface area contributed by atoms with Crippen LogP contribution in [0.3, 0.4) is 0 Å². The lowest BCUT2D eigenvalue weighted by Crippen LogP contribution is -2.21. The van der Waals surface area contributed by atoms with Gasteiger partial charge in [0.2, 0.25) is 0 Å². The molecule has 0 bridgehead atoms. The Hall–Kier alpha value is -1.09. The lowest BCUT2D eigenvalue weighted by atomic mass is 10.3. The van der Waals surface area contributed by atoms with Crippen LogP contribution in [0.1, 0.15) is 13.0 Å². The molecule has 0 aliphatic heterocycles. The minimum atomic E-state index is -0.164. The van der Waals surface area contributed by atoms with Gasteiger partial charge in [-0.2, -0.15) is 0 Å². The molecule has 0 amide bonds. The van der Waals surface area contributed by atoms with E-state index >= 15 is 0 Å². The van der Waals surface area contributed by atoms with Crippen molar-refractivity contribution < 1.29 is 0 Å². The van der Waals surface area contributed by atoms with Gasteiger partial charge in [-0.15, -0.1) is 6.58 Å². The first-order valence-electron chi connectivity index (χ1n) is 3.51. The fraction of sp³-hybridized carbons (Fsp3) is 0.250. The summed E-state index contributed by atoms with van der Waals surface area (Å²) in [6.45, 7) is 5.43. The molecule has 1 unspecified atom stereocenters. The van der Waals surface area contributed by atoms with Gasteiger partial charge in [-0.1, -0.05) is 17.7 Å². The summed E-state index contributed by atoms with van der Waals surface area (Å²) < 4.78 is 1.46. The van der Waals surface area contributed by atoms with Gasteiger partial charge in [-0.3, -0.25) is 9.36 Å². The summed E-state index contributed by atoms with van der Waals surface area (Å²) in [5, 5.41) is 0.215. The van der Waals surface area contributed by atoms with Crippen LogP contribution in [-0.4, -0.2) is 9.55 Å². The topological polar surface area (TPSA) is 34.9 Å². The van der Waals surface area contributed by atoms with Gasteiger partial charge in [0.15, 0.2) is 0 Å². The fourth-order valence-corrected chi connectivity index (χ4v) is 0.944. The van der Waals surface area contributed by atoms with Crippen molar-refractivity contribution >= 4 is 11.6 Å². The molecule has 1 rings (SSSR count). The second kappa shape index (κ2) is 3.54. The normalized spacial score (nSPS) is 12.5. The van der Waals surface area contributed by atoms with Gasteiger partial charge in [0.05, 0.1) is 12.4 Å². The molecule has 4 heteroatoms. The molecule has 1 heterocycles. The standard InChI is InChI=1S/C8H9ClN2O/c1-3-6(2)11-5-10-7(9)4-8(11)12/h3-6H,1H2,2H3. The molecule has 64 valence electrons. The summed E-state index contributed by atoms with van der Waals surface area (Å²) >= 11 is 5.51. The zero-order valence-electron chi connectivity index (χ0n) is 6.70. The van der Waals surface area contributed by atoms with Crippen molar-refractivity contribution in [2.75, 3.05) is 0 Å². The Morgan fingerprint density at radius 1 is 1.83 bits per heavy atom. The molecular formula is C8H9ClN2O. The van der Waals surface area contributed by atoms with Gasteiger partial charge in [0.1, 0.15) is 5.15 Å². The number of nitrogens with zero attached hydrogens (tertiary/aromatic N) is 2. The molecule has 0 aliphatic carbocycles. The molecule has 0 aromatic carbocycles. The van der Waals surface area contributed by atoms with Crippen molar-refractivity contribution in [3.63, 3.8) is 0 Å². The van der Waals surface area contributed by atoms with Crippen molar-refractivity contribution in [2.24, 2.45) is 0 Å². The lowest BCUT2D eigenvalue weighted by Gasteiger charge is -2.08. The van der Waals surface area contributed by atoms with Crippen LogP contribution in [0.2, 0.25) is 5.15 Å². The molecule has 0 N–H and O–H groups in total. The van der Waals surface area contributed by atoms with Crippen LogP contribution in [0.25, 0.3) is 0 Å². The molecule has 0 aliphatic rings. The van der Waals surface area contributed by atoms with Crippen LogP contribution in [-0.2, 0) is 0 Å². The van der Waals surface area contributed by atoms with Crippen LogP contribution in [0, 0.1) is 0 Å². The molecule has 1 aromatic rings. The van der Waals surface area contributed by atoms with Crippen LogP contribution in [0.4, 0.5) is 0 Å². The summed E-state index contributed by atoms with van der Waals surface area (Å²) in [5.74, 6) is 0. The van der Waals surface area contributed by atoms with E-state index in [2.05, 4.69) is 11.6 Å². The van der Waals surface area contributed by atoms with Crippen LogP contribution in [0.5, 0.6) is 0 Å². The van der Waals surface area contributed by atoms with E-state index in [9.17, 15) is 4.79 Å². The summed E-state index contributed by atoms with van der Waals surface area (Å²) in [5.41, 5.74) is -0.164. The van der Waals surface area contributed by atoms with Crippen LogP contribution >= 0.6 is 11.6 Å². The molecule has 1 aromatic heterocycles. The van der Waals surface area contributed by atoms with Crippen molar-refractivity contribution in [3.8, 4) is 0 Å². The minimum Gasteiger partial charge on any atom is -0.292 e.